The first-order valence-electron chi connectivity index (χ1n) is 7.32. The minimum Gasteiger partial charge on any atom is -0.361 e. The number of rotatable bonds is 3. The molecule has 0 aliphatic heterocycles. The number of aromatic nitrogens is 1. The molecule has 3 rings (SSSR count). The van der Waals surface area contributed by atoms with Crippen LogP contribution in [0.5, 0.6) is 0 Å². The van der Waals surface area contributed by atoms with E-state index in [1.165, 1.54) is 6.07 Å². The first-order valence-corrected chi connectivity index (χ1v) is 7.70. The van der Waals surface area contributed by atoms with E-state index >= 15 is 0 Å². The molecule has 0 spiro atoms. The molecule has 1 heterocycles. The largest absolute Gasteiger partial charge is 0.361 e. The molecule has 24 heavy (non-hydrogen) atoms. The second-order valence-electron chi connectivity index (χ2n) is 6.10. The average Bonchev–Trinajstić information content (AvgIpc) is 2.94. The molecule has 6 heteroatoms. The van der Waals surface area contributed by atoms with E-state index in [1.54, 1.807) is 32.2 Å². The average molecular weight is 349 g/mol. The van der Waals surface area contributed by atoms with Crippen LogP contribution < -0.4 is 5.32 Å². The number of benzene rings is 2. The summed E-state index contributed by atoms with van der Waals surface area (Å²) in [7, 11) is 0. The summed E-state index contributed by atoms with van der Waals surface area (Å²) in [6.45, 7) is 3.51. The van der Waals surface area contributed by atoms with Gasteiger partial charge in [0, 0.05) is 33.9 Å². The molecule has 124 valence electrons. The van der Waals surface area contributed by atoms with Gasteiger partial charge in [0.05, 0.1) is 5.41 Å². The summed E-state index contributed by atoms with van der Waals surface area (Å²) in [4.78, 5) is 15.8. The predicted molar refractivity (Wildman–Crippen MR) is 91.3 cm³/mol. The van der Waals surface area contributed by atoms with E-state index in [-0.39, 0.29) is 11.6 Å². The van der Waals surface area contributed by atoms with Crippen LogP contribution in [0.15, 0.2) is 42.6 Å². The Labute approximate surface area is 142 Å². The fraction of sp³-hybridized carbons (Fsp3) is 0.167. The normalized spacial score (nSPS) is 11.7. The molecule has 2 aromatic carbocycles. The Balaban J connectivity index is 1.94. The highest BCUT2D eigenvalue weighted by molar-refractivity contribution is 6.31. The van der Waals surface area contributed by atoms with Crippen LogP contribution in [0.4, 0.5) is 14.5 Å². The van der Waals surface area contributed by atoms with Gasteiger partial charge in [0.2, 0.25) is 5.91 Å². The van der Waals surface area contributed by atoms with Gasteiger partial charge >= 0.3 is 0 Å². The molecule has 0 aliphatic carbocycles. The SMILES string of the molecule is CC(C)(C(=O)Nc1ccc(F)c(F)c1)c1c[nH]c2ccc(Cl)cc12. The van der Waals surface area contributed by atoms with Crippen molar-refractivity contribution < 1.29 is 13.6 Å². The molecule has 0 bridgehead atoms. The lowest BCUT2D eigenvalue weighted by atomic mass is 9.83. The van der Waals surface area contributed by atoms with Gasteiger partial charge in [-0.2, -0.15) is 0 Å². The third kappa shape index (κ3) is 2.87. The predicted octanol–water partition coefficient (Wildman–Crippen LogP) is 5.02. The maximum Gasteiger partial charge on any atom is 0.234 e. The van der Waals surface area contributed by atoms with Gasteiger partial charge in [0.15, 0.2) is 11.6 Å². The Kier molecular flexibility index (Phi) is 4.05. The van der Waals surface area contributed by atoms with E-state index in [0.29, 0.717) is 5.02 Å². The minimum absolute atomic E-state index is 0.199. The lowest BCUT2D eigenvalue weighted by Gasteiger charge is -2.23. The molecule has 1 aromatic heterocycles. The van der Waals surface area contributed by atoms with Crippen molar-refractivity contribution in [3.8, 4) is 0 Å². The van der Waals surface area contributed by atoms with E-state index in [4.69, 9.17) is 11.6 Å². The fourth-order valence-corrected chi connectivity index (χ4v) is 2.77. The van der Waals surface area contributed by atoms with E-state index in [2.05, 4.69) is 10.3 Å². The maximum absolute atomic E-state index is 13.3. The summed E-state index contributed by atoms with van der Waals surface area (Å²) >= 11 is 6.05. The lowest BCUT2D eigenvalue weighted by molar-refractivity contribution is -0.120. The highest BCUT2D eigenvalue weighted by Gasteiger charge is 2.32. The van der Waals surface area contributed by atoms with Gasteiger partial charge in [-0.15, -0.1) is 0 Å². The summed E-state index contributed by atoms with van der Waals surface area (Å²) < 4.78 is 26.3. The number of fused-ring (bicyclic) bond motifs is 1. The van der Waals surface area contributed by atoms with E-state index < -0.39 is 17.0 Å². The van der Waals surface area contributed by atoms with Gasteiger partial charge in [-0.05, 0) is 49.7 Å². The van der Waals surface area contributed by atoms with Crippen LogP contribution >= 0.6 is 11.6 Å². The van der Waals surface area contributed by atoms with Gasteiger partial charge in [-0.3, -0.25) is 4.79 Å². The molecule has 3 nitrogen and oxygen atoms in total. The summed E-state index contributed by atoms with van der Waals surface area (Å²) in [5.41, 5.74) is 0.918. The Bertz CT molecular complexity index is 934. The monoisotopic (exact) mass is 348 g/mol. The maximum atomic E-state index is 13.3. The number of nitrogens with one attached hydrogen (secondary N) is 2. The molecule has 0 saturated carbocycles. The summed E-state index contributed by atoms with van der Waals surface area (Å²) in [5, 5.41) is 4.04. The van der Waals surface area contributed by atoms with Crippen molar-refractivity contribution in [2.24, 2.45) is 0 Å². The van der Waals surface area contributed by atoms with E-state index in [9.17, 15) is 13.6 Å². The molecule has 3 aromatic rings. The number of hydrogen-bond acceptors (Lipinski definition) is 1. The minimum atomic E-state index is -1.01. The van der Waals surface area contributed by atoms with Crippen molar-refractivity contribution in [2.75, 3.05) is 5.32 Å². The van der Waals surface area contributed by atoms with E-state index in [1.807, 2.05) is 6.07 Å². The number of aromatic amines is 1. The van der Waals surface area contributed by atoms with Gasteiger partial charge < -0.3 is 10.3 Å². The molecule has 0 aliphatic rings. The van der Waals surface area contributed by atoms with Crippen LogP contribution in [0.2, 0.25) is 5.02 Å². The van der Waals surface area contributed by atoms with Gasteiger partial charge in [0.1, 0.15) is 0 Å². The molecule has 0 fully saturated rings. The second-order valence-corrected chi connectivity index (χ2v) is 6.54. The van der Waals surface area contributed by atoms with Gasteiger partial charge in [-0.25, -0.2) is 8.78 Å². The summed E-state index contributed by atoms with van der Waals surface area (Å²) in [6, 6.07) is 8.63. The summed E-state index contributed by atoms with van der Waals surface area (Å²) in [5.74, 6) is -2.31. The number of hydrogen-bond donors (Lipinski definition) is 2. The topological polar surface area (TPSA) is 44.9 Å². The standard InChI is InChI=1S/C18H15ClF2N2O/c1-18(2,13-9-22-16-6-3-10(19)7-12(13)16)17(24)23-11-4-5-14(20)15(21)8-11/h3-9,22H,1-2H3,(H,23,24). The van der Waals surface area contributed by atoms with Crippen molar-refractivity contribution in [1.29, 1.82) is 0 Å². The quantitative estimate of drug-likeness (QED) is 0.686. The third-order valence-corrected chi connectivity index (χ3v) is 4.30. The molecule has 0 unspecified atom stereocenters. The number of carbonyl (C=O) groups is 1. The molecule has 1 amide bonds. The molecule has 2 N–H and O–H groups in total. The number of carbonyl (C=O) groups excluding carboxylic acids is 1. The van der Waals surface area contributed by atoms with Gasteiger partial charge in [0.25, 0.3) is 0 Å². The summed E-state index contributed by atoms with van der Waals surface area (Å²) in [6.07, 6.45) is 1.76. The van der Waals surface area contributed by atoms with Crippen molar-refractivity contribution in [3.63, 3.8) is 0 Å². The second kappa shape index (κ2) is 5.91. The Morgan fingerprint density at radius 3 is 2.58 bits per heavy atom. The molecule has 0 radical (unpaired) electrons. The van der Waals surface area contributed by atoms with Crippen LogP contribution in [-0.4, -0.2) is 10.9 Å². The van der Waals surface area contributed by atoms with Gasteiger partial charge in [-0.1, -0.05) is 11.6 Å². The number of anilines is 1. The number of halogens is 3. The van der Waals surface area contributed by atoms with Crippen LogP contribution in [-0.2, 0) is 10.2 Å². The van der Waals surface area contributed by atoms with Crippen LogP contribution in [0.3, 0.4) is 0 Å². The molecular formula is C18H15ClF2N2O. The van der Waals surface area contributed by atoms with Crippen LogP contribution in [0.25, 0.3) is 10.9 Å². The first kappa shape index (κ1) is 16.5. The molecule has 0 atom stereocenters. The first-order chi connectivity index (χ1) is 11.3. The van der Waals surface area contributed by atoms with Crippen LogP contribution in [0.1, 0.15) is 19.4 Å². The third-order valence-electron chi connectivity index (χ3n) is 4.06. The van der Waals surface area contributed by atoms with Crippen molar-refractivity contribution >= 4 is 34.1 Å². The smallest absolute Gasteiger partial charge is 0.234 e. The van der Waals surface area contributed by atoms with Crippen molar-refractivity contribution in [2.45, 2.75) is 19.3 Å². The number of H-pyrrole nitrogens is 1. The number of amides is 1. The van der Waals surface area contributed by atoms with Crippen LogP contribution in [0, 0.1) is 11.6 Å². The zero-order chi connectivity index (χ0) is 17.5. The molecular weight excluding hydrogens is 334 g/mol. The Morgan fingerprint density at radius 2 is 1.88 bits per heavy atom. The van der Waals surface area contributed by atoms with E-state index in [0.717, 1.165) is 28.6 Å². The highest BCUT2D eigenvalue weighted by Crippen LogP contribution is 2.33. The Morgan fingerprint density at radius 1 is 1.12 bits per heavy atom. The highest BCUT2D eigenvalue weighted by atomic mass is 35.5. The zero-order valence-corrected chi connectivity index (χ0v) is 13.8. The lowest BCUT2D eigenvalue weighted by Crippen LogP contribution is -2.34. The molecule has 0 saturated heterocycles. The zero-order valence-electron chi connectivity index (χ0n) is 13.1. The van der Waals surface area contributed by atoms with Crippen molar-refractivity contribution in [3.05, 3.63) is 64.8 Å². The fourth-order valence-electron chi connectivity index (χ4n) is 2.59. The Hall–Kier alpha value is -2.40. The van der Waals surface area contributed by atoms with Crippen molar-refractivity contribution in [1.82, 2.24) is 4.98 Å².